The van der Waals surface area contributed by atoms with E-state index in [1.54, 1.807) is 0 Å². The minimum Gasteiger partial charge on any atom is -0.456 e. The van der Waals surface area contributed by atoms with Gasteiger partial charge in [-0.25, -0.2) is 0 Å². The molecule has 0 atom stereocenters. The van der Waals surface area contributed by atoms with Gasteiger partial charge < -0.3 is 14.1 Å². The zero-order chi connectivity index (χ0) is 47.3. The van der Waals surface area contributed by atoms with E-state index >= 15 is 0 Å². The summed E-state index contributed by atoms with van der Waals surface area (Å²) in [6.07, 6.45) is 0. The molecular formula is C69H43NO2. The second-order valence-electron chi connectivity index (χ2n) is 19.1. The van der Waals surface area contributed by atoms with Gasteiger partial charge in [-0.15, -0.1) is 0 Å². The quantitative estimate of drug-likeness (QED) is 0.166. The maximum Gasteiger partial charge on any atom is 0.140 e. The first-order chi connectivity index (χ1) is 35.7. The van der Waals surface area contributed by atoms with E-state index in [9.17, 15) is 0 Å². The molecule has 3 nitrogen and oxygen atoms in total. The van der Waals surface area contributed by atoms with E-state index in [2.05, 4.69) is 254 Å². The molecule has 13 aromatic rings. The molecule has 336 valence electrons. The Hall–Kier alpha value is -9.44. The Morgan fingerprint density at radius 3 is 1.44 bits per heavy atom. The number of anilines is 3. The summed E-state index contributed by atoms with van der Waals surface area (Å²) >= 11 is 0. The van der Waals surface area contributed by atoms with Gasteiger partial charge in [0.25, 0.3) is 0 Å². The number of hydrogen-bond donors (Lipinski definition) is 0. The molecule has 15 rings (SSSR count). The fraction of sp³-hybridized carbons (Fsp3) is 0.0145. The fourth-order valence-electron chi connectivity index (χ4n) is 12.1. The third kappa shape index (κ3) is 5.98. The molecule has 3 heteroatoms. The molecule has 2 heterocycles. The van der Waals surface area contributed by atoms with Gasteiger partial charge in [-0.2, -0.15) is 0 Å². The lowest BCUT2D eigenvalue weighted by molar-refractivity contribution is 0.447. The van der Waals surface area contributed by atoms with Crippen LogP contribution < -0.4 is 9.64 Å². The van der Waals surface area contributed by atoms with E-state index in [1.807, 2.05) is 12.1 Å². The number of rotatable bonds is 6. The second kappa shape index (κ2) is 15.8. The Balaban J connectivity index is 0.870. The van der Waals surface area contributed by atoms with Crippen LogP contribution in [0, 0.1) is 0 Å². The standard InChI is InChI=1S/C69H43NO2/c1-2-13-44(14-3-1)45-25-34-51(35-26-45)70(52-36-27-46(28-37-52)50-33-42-65-59(43-50)57-19-9-11-24-64(57)71-65)53-38-29-49(30-39-53)54-21-12-23-61-66(54)58-20-8-10-22-60(58)69(61)62-40-31-47-15-4-6-17-55(47)67(62)72-68-56-18-7-5-16-48(56)32-41-63(68)69/h1-43H. The molecule has 1 aromatic heterocycles. The van der Waals surface area contributed by atoms with Crippen molar-refractivity contribution in [2.75, 3.05) is 4.90 Å². The Morgan fingerprint density at radius 1 is 0.292 bits per heavy atom. The predicted molar refractivity (Wildman–Crippen MR) is 297 cm³/mol. The maximum atomic E-state index is 7.22. The number of ether oxygens (including phenoxy) is 1. The fourth-order valence-corrected chi connectivity index (χ4v) is 12.1. The van der Waals surface area contributed by atoms with Gasteiger partial charge >= 0.3 is 0 Å². The number of hydrogen-bond acceptors (Lipinski definition) is 3. The van der Waals surface area contributed by atoms with Gasteiger partial charge in [-0.1, -0.05) is 206 Å². The van der Waals surface area contributed by atoms with E-state index in [0.29, 0.717) is 0 Å². The number of furan rings is 1. The van der Waals surface area contributed by atoms with Crippen LogP contribution >= 0.6 is 0 Å². The van der Waals surface area contributed by atoms with Crippen molar-refractivity contribution in [2.24, 2.45) is 0 Å². The van der Waals surface area contributed by atoms with Crippen molar-refractivity contribution in [1.82, 2.24) is 0 Å². The van der Waals surface area contributed by atoms with Crippen molar-refractivity contribution >= 4 is 60.5 Å². The van der Waals surface area contributed by atoms with Gasteiger partial charge in [0.15, 0.2) is 0 Å². The first kappa shape index (κ1) is 40.4. The molecule has 12 aromatic carbocycles. The summed E-state index contributed by atoms with van der Waals surface area (Å²) in [4.78, 5) is 2.36. The van der Waals surface area contributed by atoms with Crippen LogP contribution in [0.4, 0.5) is 17.1 Å². The minimum absolute atomic E-state index is 0.619. The van der Waals surface area contributed by atoms with E-state index in [-0.39, 0.29) is 0 Å². The van der Waals surface area contributed by atoms with Crippen LogP contribution in [-0.2, 0) is 5.41 Å². The minimum atomic E-state index is -0.619. The SMILES string of the molecule is c1ccc(-c2ccc(N(c3ccc(-c4ccc5oc6ccccc6c5c4)cc3)c3ccc(-c4cccc5c4-c4ccccc4C54c5ccc6ccccc6c5Oc5c4ccc4ccccc54)cc3)cc2)cc1. The largest absolute Gasteiger partial charge is 0.456 e. The summed E-state index contributed by atoms with van der Waals surface area (Å²) in [5, 5.41) is 6.81. The third-order valence-corrected chi connectivity index (χ3v) is 15.3. The highest BCUT2D eigenvalue weighted by Crippen LogP contribution is 2.65. The van der Waals surface area contributed by atoms with Crippen molar-refractivity contribution in [3.63, 3.8) is 0 Å². The van der Waals surface area contributed by atoms with Crippen molar-refractivity contribution in [1.29, 1.82) is 0 Å². The summed E-state index contributed by atoms with van der Waals surface area (Å²) in [7, 11) is 0. The Morgan fingerprint density at radius 2 is 0.778 bits per heavy atom. The van der Waals surface area contributed by atoms with Crippen molar-refractivity contribution in [2.45, 2.75) is 5.41 Å². The lowest BCUT2D eigenvalue weighted by Gasteiger charge is -2.40. The summed E-state index contributed by atoms with van der Waals surface area (Å²) in [6, 6.07) is 94.7. The smallest absolute Gasteiger partial charge is 0.140 e. The molecule has 0 saturated heterocycles. The van der Waals surface area contributed by atoms with E-state index < -0.39 is 5.41 Å². The highest BCUT2D eigenvalue weighted by molar-refractivity contribution is 6.07. The molecule has 0 fully saturated rings. The molecule has 0 N–H and O–H groups in total. The van der Waals surface area contributed by atoms with Gasteiger partial charge in [0.1, 0.15) is 22.7 Å². The summed E-state index contributed by atoms with van der Waals surface area (Å²) in [5.41, 5.74) is 18.8. The Labute approximate surface area is 417 Å². The van der Waals surface area contributed by atoms with Gasteiger partial charge in [-0.3, -0.25) is 0 Å². The number of benzene rings is 12. The highest BCUT2D eigenvalue weighted by Gasteiger charge is 2.52. The zero-order valence-electron chi connectivity index (χ0n) is 39.1. The monoisotopic (exact) mass is 917 g/mol. The molecule has 0 saturated carbocycles. The van der Waals surface area contributed by atoms with Crippen LogP contribution in [0.3, 0.4) is 0 Å². The van der Waals surface area contributed by atoms with E-state index in [1.165, 1.54) is 38.9 Å². The summed E-state index contributed by atoms with van der Waals surface area (Å²) in [6.45, 7) is 0. The summed E-state index contributed by atoms with van der Waals surface area (Å²) in [5.74, 6) is 1.85. The third-order valence-electron chi connectivity index (χ3n) is 15.3. The molecular weight excluding hydrogens is 875 g/mol. The van der Waals surface area contributed by atoms with Gasteiger partial charge in [0, 0.05) is 49.7 Å². The first-order valence-electron chi connectivity index (χ1n) is 24.7. The molecule has 0 amide bonds. The number of para-hydroxylation sites is 1. The van der Waals surface area contributed by atoms with Crippen LogP contribution in [0.5, 0.6) is 11.5 Å². The highest BCUT2D eigenvalue weighted by atomic mass is 16.5. The van der Waals surface area contributed by atoms with Gasteiger partial charge in [-0.05, 0) is 121 Å². The Bertz CT molecular complexity index is 4200. The second-order valence-corrected chi connectivity index (χ2v) is 19.1. The summed E-state index contributed by atoms with van der Waals surface area (Å²) < 4.78 is 13.4. The van der Waals surface area contributed by atoms with Crippen molar-refractivity contribution < 1.29 is 9.15 Å². The van der Waals surface area contributed by atoms with Crippen molar-refractivity contribution in [3.05, 3.63) is 283 Å². The van der Waals surface area contributed by atoms with Gasteiger partial charge in [0.05, 0.1) is 5.41 Å². The molecule has 2 aliphatic rings. The molecule has 1 aliphatic heterocycles. The normalized spacial score (nSPS) is 12.9. The molecule has 0 bridgehead atoms. The van der Waals surface area contributed by atoms with Crippen LogP contribution in [0.15, 0.2) is 265 Å². The van der Waals surface area contributed by atoms with Crippen molar-refractivity contribution in [3.8, 4) is 56.0 Å². The van der Waals surface area contributed by atoms with Crippen LogP contribution in [0.1, 0.15) is 22.3 Å². The molecule has 1 aliphatic carbocycles. The first-order valence-corrected chi connectivity index (χ1v) is 24.7. The topological polar surface area (TPSA) is 25.6 Å². The predicted octanol–water partition coefficient (Wildman–Crippen LogP) is 18.8. The molecule has 72 heavy (non-hydrogen) atoms. The average molecular weight is 918 g/mol. The molecule has 0 unspecified atom stereocenters. The van der Waals surface area contributed by atoms with Gasteiger partial charge in [0.2, 0.25) is 0 Å². The lowest BCUT2D eigenvalue weighted by atomic mass is 9.65. The lowest BCUT2D eigenvalue weighted by Crippen LogP contribution is -2.32. The van der Waals surface area contributed by atoms with Crippen LogP contribution in [-0.4, -0.2) is 0 Å². The number of nitrogens with zero attached hydrogens (tertiary/aromatic N) is 1. The van der Waals surface area contributed by atoms with Crippen LogP contribution in [0.25, 0.3) is 88.0 Å². The zero-order valence-corrected chi connectivity index (χ0v) is 39.1. The number of fused-ring (bicyclic) bond motifs is 16. The maximum absolute atomic E-state index is 7.22. The molecule has 1 spiro atoms. The van der Waals surface area contributed by atoms with Crippen LogP contribution in [0.2, 0.25) is 0 Å². The molecule has 0 radical (unpaired) electrons. The van der Waals surface area contributed by atoms with E-state index in [0.717, 1.165) is 99.9 Å². The average Bonchev–Trinajstić information content (AvgIpc) is 3.97. The van der Waals surface area contributed by atoms with E-state index in [4.69, 9.17) is 9.15 Å². The Kier molecular flexibility index (Phi) is 8.87.